The summed E-state index contributed by atoms with van der Waals surface area (Å²) in [4.78, 5) is 2.37. The van der Waals surface area contributed by atoms with Crippen LogP contribution in [0.5, 0.6) is 0 Å². The summed E-state index contributed by atoms with van der Waals surface area (Å²) in [5, 5.41) is 10.4. The number of ether oxygens (including phenoxy) is 2. The number of aliphatic hydroxyl groups is 1. The Balaban J connectivity index is 1.49. The molecule has 3 rings (SSSR count). The highest BCUT2D eigenvalue weighted by Crippen LogP contribution is 2.31. The number of hydrogen-bond donors (Lipinski definition) is 1. The molecule has 2 aliphatic rings. The van der Waals surface area contributed by atoms with E-state index in [0.717, 1.165) is 43.9 Å². The van der Waals surface area contributed by atoms with Gasteiger partial charge in [0.1, 0.15) is 11.5 Å². The monoisotopic (exact) mass is 337 g/mol. The first-order valence-electron chi connectivity index (χ1n) is 9.40. The van der Waals surface area contributed by atoms with Crippen LogP contribution in [0.25, 0.3) is 0 Å². The van der Waals surface area contributed by atoms with E-state index in [1.807, 2.05) is 13.0 Å². The first kappa shape index (κ1) is 17.9. The molecular formula is C19H31NO4. The van der Waals surface area contributed by atoms with Crippen LogP contribution < -0.4 is 0 Å². The van der Waals surface area contributed by atoms with Gasteiger partial charge in [0.25, 0.3) is 0 Å². The maximum Gasteiger partial charge on any atom is 0.121 e. The number of β-amino-alcohol motifs (C(OH)–C–C–N with tert-alkyl or cyclic N) is 1. The normalized spacial score (nSPS) is 27.2. The quantitative estimate of drug-likeness (QED) is 0.829. The molecule has 0 saturated carbocycles. The summed E-state index contributed by atoms with van der Waals surface area (Å²) >= 11 is 0. The lowest BCUT2D eigenvalue weighted by atomic mass is 10.1. The van der Waals surface area contributed by atoms with Crippen molar-refractivity contribution in [1.82, 2.24) is 4.90 Å². The van der Waals surface area contributed by atoms with Crippen molar-refractivity contribution in [3.05, 3.63) is 23.7 Å². The lowest BCUT2D eigenvalue weighted by molar-refractivity contribution is -0.0293. The number of nitrogens with zero attached hydrogens (tertiary/aromatic N) is 1. The van der Waals surface area contributed by atoms with E-state index in [0.29, 0.717) is 19.8 Å². The molecule has 1 aromatic heterocycles. The van der Waals surface area contributed by atoms with Crippen LogP contribution in [0.2, 0.25) is 0 Å². The largest absolute Gasteiger partial charge is 0.465 e. The molecule has 5 nitrogen and oxygen atoms in total. The van der Waals surface area contributed by atoms with E-state index in [9.17, 15) is 5.11 Å². The van der Waals surface area contributed by atoms with Gasteiger partial charge in [-0.1, -0.05) is 12.8 Å². The number of rotatable bonds is 7. The van der Waals surface area contributed by atoms with Gasteiger partial charge in [-0.15, -0.1) is 0 Å². The van der Waals surface area contributed by atoms with Gasteiger partial charge in [0.15, 0.2) is 0 Å². The molecule has 3 atom stereocenters. The van der Waals surface area contributed by atoms with E-state index in [1.54, 1.807) is 0 Å². The van der Waals surface area contributed by atoms with E-state index < -0.39 is 6.10 Å². The van der Waals surface area contributed by atoms with Crippen LogP contribution in [0.1, 0.15) is 56.1 Å². The van der Waals surface area contributed by atoms with Crippen molar-refractivity contribution in [3.63, 3.8) is 0 Å². The first-order valence-corrected chi connectivity index (χ1v) is 9.40. The SMILES string of the molecule is Cc1ccc(C2CCCCCN2CC(O)COCC2CCCO2)o1. The summed E-state index contributed by atoms with van der Waals surface area (Å²) in [7, 11) is 0. The van der Waals surface area contributed by atoms with E-state index in [4.69, 9.17) is 13.9 Å². The van der Waals surface area contributed by atoms with Crippen molar-refractivity contribution < 1.29 is 19.0 Å². The van der Waals surface area contributed by atoms with Gasteiger partial charge < -0.3 is 19.0 Å². The number of likely N-dealkylation sites (tertiary alicyclic amines) is 1. The van der Waals surface area contributed by atoms with Gasteiger partial charge in [-0.3, -0.25) is 4.90 Å². The Morgan fingerprint density at radius 3 is 2.92 bits per heavy atom. The molecule has 2 saturated heterocycles. The highest BCUT2D eigenvalue weighted by molar-refractivity contribution is 5.10. The minimum Gasteiger partial charge on any atom is -0.465 e. The van der Waals surface area contributed by atoms with Gasteiger partial charge in [0.2, 0.25) is 0 Å². The van der Waals surface area contributed by atoms with Crippen LogP contribution in [-0.2, 0) is 9.47 Å². The Labute approximate surface area is 144 Å². The molecule has 0 aliphatic carbocycles. The highest BCUT2D eigenvalue weighted by atomic mass is 16.5. The molecule has 0 aromatic carbocycles. The van der Waals surface area contributed by atoms with E-state index in [-0.39, 0.29) is 12.1 Å². The Morgan fingerprint density at radius 2 is 2.17 bits per heavy atom. The summed E-state index contributed by atoms with van der Waals surface area (Å²) < 4.78 is 17.1. The maximum atomic E-state index is 10.4. The zero-order valence-electron chi connectivity index (χ0n) is 14.8. The van der Waals surface area contributed by atoms with Crippen molar-refractivity contribution >= 4 is 0 Å². The Morgan fingerprint density at radius 1 is 1.25 bits per heavy atom. The van der Waals surface area contributed by atoms with E-state index in [2.05, 4.69) is 11.0 Å². The average molecular weight is 337 g/mol. The minimum absolute atomic E-state index is 0.217. The maximum absolute atomic E-state index is 10.4. The molecule has 1 N–H and O–H groups in total. The van der Waals surface area contributed by atoms with Crippen LogP contribution in [0.15, 0.2) is 16.5 Å². The van der Waals surface area contributed by atoms with E-state index >= 15 is 0 Å². The fourth-order valence-electron chi connectivity index (χ4n) is 3.78. The third-order valence-electron chi connectivity index (χ3n) is 5.04. The zero-order chi connectivity index (χ0) is 16.8. The molecule has 1 aromatic rings. The summed E-state index contributed by atoms with van der Waals surface area (Å²) in [6.07, 6.45) is 6.68. The predicted octanol–water partition coefficient (Wildman–Crippen LogP) is 3.06. The highest BCUT2D eigenvalue weighted by Gasteiger charge is 2.27. The summed E-state index contributed by atoms with van der Waals surface area (Å²) in [6.45, 7) is 5.44. The molecule has 0 bridgehead atoms. The van der Waals surface area contributed by atoms with Crippen molar-refractivity contribution in [1.29, 1.82) is 0 Å². The summed E-state index contributed by atoms with van der Waals surface area (Å²) in [5.41, 5.74) is 0. The lowest BCUT2D eigenvalue weighted by Gasteiger charge is -2.30. The molecule has 0 spiro atoms. The van der Waals surface area contributed by atoms with Crippen LogP contribution in [-0.4, -0.2) is 55.1 Å². The van der Waals surface area contributed by atoms with Crippen LogP contribution >= 0.6 is 0 Å². The Kier molecular flexibility index (Phi) is 6.72. The molecule has 2 aliphatic heterocycles. The number of aliphatic hydroxyl groups excluding tert-OH is 1. The van der Waals surface area contributed by atoms with Gasteiger partial charge >= 0.3 is 0 Å². The van der Waals surface area contributed by atoms with Crippen LogP contribution in [0.3, 0.4) is 0 Å². The smallest absolute Gasteiger partial charge is 0.121 e. The predicted molar refractivity (Wildman–Crippen MR) is 92.0 cm³/mol. The number of furan rings is 1. The molecule has 3 unspecified atom stereocenters. The van der Waals surface area contributed by atoms with Crippen molar-refractivity contribution in [3.8, 4) is 0 Å². The molecule has 3 heterocycles. The standard InChI is InChI=1S/C19H31NO4/c1-15-8-9-19(24-15)18-7-3-2-4-10-20(18)12-16(21)13-22-14-17-6-5-11-23-17/h8-9,16-18,21H,2-7,10-14H2,1H3. The number of hydrogen-bond acceptors (Lipinski definition) is 5. The molecule has 2 fully saturated rings. The topological polar surface area (TPSA) is 55.1 Å². The van der Waals surface area contributed by atoms with Gasteiger partial charge in [-0.2, -0.15) is 0 Å². The Bertz CT molecular complexity index is 483. The average Bonchev–Trinajstić information content (AvgIpc) is 3.17. The fourth-order valence-corrected chi connectivity index (χ4v) is 3.78. The van der Waals surface area contributed by atoms with Crippen molar-refractivity contribution in [2.45, 2.75) is 63.7 Å². The fraction of sp³-hybridized carbons (Fsp3) is 0.789. The third-order valence-corrected chi connectivity index (χ3v) is 5.04. The van der Waals surface area contributed by atoms with Crippen molar-refractivity contribution in [2.75, 3.05) is 32.9 Å². The van der Waals surface area contributed by atoms with Gasteiger partial charge in [-0.05, 0) is 51.3 Å². The molecule has 0 radical (unpaired) electrons. The van der Waals surface area contributed by atoms with Crippen LogP contribution in [0.4, 0.5) is 0 Å². The molecule has 0 amide bonds. The second kappa shape index (κ2) is 8.99. The molecule has 136 valence electrons. The molecule has 24 heavy (non-hydrogen) atoms. The molecule has 5 heteroatoms. The van der Waals surface area contributed by atoms with Gasteiger partial charge in [-0.25, -0.2) is 0 Å². The zero-order valence-corrected chi connectivity index (χ0v) is 14.8. The van der Waals surface area contributed by atoms with Crippen molar-refractivity contribution in [2.24, 2.45) is 0 Å². The van der Waals surface area contributed by atoms with Crippen LogP contribution in [0, 0.1) is 6.92 Å². The third kappa shape index (κ3) is 5.06. The number of aryl methyl sites for hydroxylation is 1. The van der Waals surface area contributed by atoms with E-state index in [1.165, 1.54) is 19.3 Å². The van der Waals surface area contributed by atoms with Gasteiger partial charge in [0, 0.05) is 13.2 Å². The second-order valence-electron chi connectivity index (χ2n) is 7.13. The minimum atomic E-state index is -0.469. The molecular weight excluding hydrogens is 306 g/mol. The Hall–Kier alpha value is -0.880. The van der Waals surface area contributed by atoms with Gasteiger partial charge in [0.05, 0.1) is 31.5 Å². The second-order valence-corrected chi connectivity index (χ2v) is 7.13. The summed E-state index contributed by atoms with van der Waals surface area (Å²) in [5.74, 6) is 1.98. The summed E-state index contributed by atoms with van der Waals surface area (Å²) in [6, 6.07) is 4.38. The lowest BCUT2D eigenvalue weighted by Crippen LogP contribution is -2.38. The first-order chi connectivity index (χ1) is 11.7.